The van der Waals surface area contributed by atoms with Gasteiger partial charge in [-0.05, 0) is 6.92 Å². The molecule has 0 bridgehead atoms. The van der Waals surface area contributed by atoms with Gasteiger partial charge in [0.15, 0.2) is 0 Å². The SMILES string of the molecule is COCCNC(=O)C(C)NCC(=O)NCCC#N. The Bertz CT molecular complexity index is 301. The quantitative estimate of drug-likeness (QED) is 0.448. The van der Waals surface area contributed by atoms with Crippen molar-refractivity contribution < 1.29 is 14.3 Å². The first kappa shape index (κ1) is 16.4. The summed E-state index contributed by atoms with van der Waals surface area (Å²) in [4.78, 5) is 22.8. The molecule has 0 saturated heterocycles. The second-order valence-electron chi connectivity index (χ2n) is 3.64. The number of nitriles is 1. The fourth-order valence-electron chi connectivity index (χ4n) is 1.09. The topological polar surface area (TPSA) is 103 Å². The van der Waals surface area contributed by atoms with Gasteiger partial charge in [-0.2, -0.15) is 5.26 Å². The Kier molecular flexibility index (Phi) is 9.54. The molecule has 0 rings (SSSR count). The van der Waals surface area contributed by atoms with E-state index < -0.39 is 6.04 Å². The highest BCUT2D eigenvalue weighted by atomic mass is 16.5. The first-order chi connectivity index (χ1) is 8.61. The van der Waals surface area contributed by atoms with E-state index in [1.54, 1.807) is 14.0 Å². The monoisotopic (exact) mass is 256 g/mol. The summed E-state index contributed by atoms with van der Waals surface area (Å²) in [6, 6.07) is 1.47. The molecule has 1 unspecified atom stereocenters. The second-order valence-corrected chi connectivity index (χ2v) is 3.64. The molecule has 7 heteroatoms. The van der Waals surface area contributed by atoms with Crippen LogP contribution < -0.4 is 16.0 Å². The molecule has 0 aromatic carbocycles. The normalized spacial score (nSPS) is 11.4. The van der Waals surface area contributed by atoms with Gasteiger partial charge >= 0.3 is 0 Å². The molecule has 0 aromatic heterocycles. The van der Waals surface area contributed by atoms with Crippen LogP contribution in [0.2, 0.25) is 0 Å². The highest BCUT2D eigenvalue weighted by Gasteiger charge is 2.12. The first-order valence-electron chi connectivity index (χ1n) is 5.75. The molecule has 0 spiro atoms. The summed E-state index contributed by atoms with van der Waals surface area (Å²) < 4.78 is 4.80. The van der Waals surface area contributed by atoms with Crippen molar-refractivity contribution in [3.05, 3.63) is 0 Å². The van der Waals surface area contributed by atoms with Crippen molar-refractivity contribution in [3.8, 4) is 6.07 Å². The average molecular weight is 256 g/mol. The standard InChI is InChI=1S/C11H20N4O3/c1-9(11(17)14-6-7-18-2)15-8-10(16)13-5-3-4-12/h9,15H,3,5-8H2,1-2H3,(H,13,16)(H,14,17). The van der Waals surface area contributed by atoms with Gasteiger partial charge in [0.05, 0.1) is 31.7 Å². The molecule has 1 atom stereocenters. The Balaban J connectivity index is 3.68. The van der Waals surface area contributed by atoms with Gasteiger partial charge in [0, 0.05) is 20.2 Å². The molecular formula is C11H20N4O3. The Morgan fingerprint density at radius 2 is 2.06 bits per heavy atom. The van der Waals surface area contributed by atoms with Gasteiger partial charge in [0.2, 0.25) is 11.8 Å². The van der Waals surface area contributed by atoms with Crippen LogP contribution in [0.4, 0.5) is 0 Å². The summed E-state index contributed by atoms with van der Waals surface area (Å²) in [5.74, 6) is -0.418. The molecule has 0 saturated carbocycles. The summed E-state index contributed by atoms with van der Waals surface area (Å²) in [6.07, 6.45) is 0.277. The minimum absolute atomic E-state index is 0.0459. The minimum atomic E-state index is -0.455. The van der Waals surface area contributed by atoms with Gasteiger partial charge in [-0.3, -0.25) is 14.9 Å². The number of methoxy groups -OCH3 is 1. The number of hydrogen-bond acceptors (Lipinski definition) is 5. The molecular weight excluding hydrogens is 236 g/mol. The maximum absolute atomic E-state index is 11.5. The van der Waals surface area contributed by atoms with Crippen LogP contribution in [0.5, 0.6) is 0 Å². The number of ether oxygens (including phenoxy) is 1. The summed E-state index contributed by atoms with van der Waals surface area (Å²) in [5.41, 5.74) is 0. The highest BCUT2D eigenvalue weighted by Crippen LogP contribution is 1.82. The van der Waals surface area contributed by atoms with Crippen LogP contribution in [0.25, 0.3) is 0 Å². The minimum Gasteiger partial charge on any atom is -0.383 e. The highest BCUT2D eigenvalue weighted by molar-refractivity contribution is 5.83. The third-order valence-corrected chi connectivity index (χ3v) is 2.13. The lowest BCUT2D eigenvalue weighted by Crippen LogP contribution is -2.46. The lowest BCUT2D eigenvalue weighted by Gasteiger charge is -2.13. The van der Waals surface area contributed by atoms with Gasteiger partial charge < -0.3 is 15.4 Å². The van der Waals surface area contributed by atoms with Gasteiger partial charge in [-0.1, -0.05) is 0 Å². The molecule has 2 amide bonds. The van der Waals surface area contributed by atoms with Crippen molar-refractivity contribution in [2.45, 2.75) is 19.4 Å². The zero-order chi connectivity index (χ0) is 13.8. The van der Waals surface area contributed by atoms with Crippen LogP contribution >= 0.6 is 0 Å². The van der Waals surface area contributed by atoms with Crippen LogP contribution in [0.1, 0.15) is 13.3 Å². The number of amides is 2. The Hall–Kier alpha value is -1.65. The summed E-state index contributed by atoms with van der Waals surface area (Å²) in [7, 11) is 1.55. The predicted octanol–water partition coefficient (Wildman–Crippen LogP) is -1.24. The van der Waals surface area contributed by atoms with E-state index in [4.69, 9.17) is 10.00 Å². The number of hydrogen-bond donors (Lipinski definition) is 3. The van der Waals surface area contributed by atoms with Gasteiger partial charge in [0.25, 0.3) is 0 Å². The number of carbonyl (C=O) groups excluding carboxylic acids is 2. The Morgan fingerprint density at radius 3 is 2.67 bits per heavy atom. The Morgan fingerprint density at radius 1 is 1.33 bits per heavy atom. The van der Waals surface area contributed by atoms with Crippen molar-refractivity contribution in [2.24, 2.45) is 0 Å². The second kappa shape index (κ2) is 10.5. The number of nitrogens with one attached hydrogen (secondary N) is 3. The fourth-order valence-corrected chi connectivity index (χ4v) is 1.09. The lowest BCUT2D eigenvalue weighted by atomic mass is 10.3. The smallest absolute Gasteiger partial charge is 0.236 e. The van der Waals surface area contributed by atoms with Crippen molar-refractivity contribution in [1.29, 1.82) is 5.26 Å². The summed E-state index contributed by atoms with van der Waals surface area (Å²) in [6.45, 7) is 2.93. The number of carbonyl (C=O) groups is 2. The molecule has 3 N–H and O–H groups in total. The van der Waals surface area contributed by atoms with E-state index in [2.05, 4.69) is 16.0 Å². The van der Waals surface area contributed by atoms with Crippen LogP contribution in [0, 0.1) is 11.3 Å². The molecule has 102 valence electrons. The molecule has 0 aliphatic rings. The van der Waals surface area contributed by atoms with Gasteiger partial charge in [-0.15, -0.1) is 0 Å². The van der Waals surface area contributed by atoms with E-state index in [1.165, 1.54) is 0 Å². The van der Waals surface area contributed by atoms with E-state index in [-0.39, 0.29) is 24.8 Å². The van der Waals surface area contributed by atoms with E-state index in [1.807, 2.05) is 6.07 Å². The molecule has 0 aliphatic carbocycles. The molecule has 0 aliphatic heterocycles. The van der Waals surface area contributed by atoms with E-state index in [0.717, 1.165) is 0 Å². The average Bonchev–Trinajstić information content (AvgIpc) is 2.36. The first-order valence-corrected chi connectivity index (χ1v) is 5.75. The van der Waals surface area contributed by atoms with Crippen molar-refractivity contribution in [1.82, 2.24) is 16.0 Å². The summed E-state index contributed by atoms with van der Waals surface area (Å²) in [5, 5.41) is 16.3. The van der Waals surface area contributed by atoms with E-state index in [9.17, 15) is 9.59 Å². The maximum Gasteiger partial charge on any atom is 0.236 e. The molecule has 7 nitrogen and oxygen atoms in total. The van der Waals surface area contributed by atoms with E-state index >= 15 is 0 Å². The summed E-state index contributed by atoms with van der Waals surface area (Å²) >= 11 is 0. The maximum atomic E-state index is 11.5. The zero-order valence-corrected chi connectivity index (χ0v) is 10.8. The van der Waals surface area contributed by atoms with Gasteiger partial charge in [-0.25, -0.2) is 0 Å². The van der Waals surface area contributed by atoms with Crippen molar-refractivity contribution in [2.75, 3.05) is 33.4 Å². The Labute approximate surface area is 107 Å². The number of nitrogens with zero attached hydrogens (tertiary/aromatic N) is 1. The van der Waals surface area contributed by atoms with Crippen LogP contribution in [-0.4, -0.2) is 51.2 Å². The van der Waals surface area contributed by atoms with Gasteiger partial charge in [0.1, 0.15) is 0 Å². The largest absolute Gasteiger partial charge is 0.383 e. The van der Waals surface area contributed by atoms with Crippen LogP contribution in [0.15, 0.2) is 0 Å². The third kappa shape index (κ3) is 8.50. The van der Waals surface area contributed by atoms with Crippen molar-refractivity contribution in [3.63, 3.8) is 0 Å². The van der Waals surface area contributed by atoms with Crippen molar-refractivity contribution >= 4 is 11.8 Å². The molecule has 0 radical (unpaired) electrons. The lowest BCUT2D eigenvalue weighted by molar-refractivity contribution is -0.123. The zero-order valence-electron chi connectivity index (χ0n) is 10.8. The number of rotatable bonds is 9. The molecule has 0 fully saturated rings. The fraction of sp³-hybridized carbons (Fsp3) is 0.727. The predicted molar refractivity (Wildman–Crippen MR) is 65.6 cm³/mol. The molecule has 0 heterocycles. The van der Waals surface area contributed by atoms with Crippen LogP contribution in [-0.2, 0) is 14.3 Å². The van der Waals surface area contributed by atoms with E-state index in [0.29, 0.717) is 19.7 Å². The molecule has 18 heavy (non-hydrogen) atoms. The third-order valence-electron chi connectivity index (χ3n) is 2.13. The molecule has 0 aromatic rings. The van der Waals surface area contributed by atoms with Crippen LogP contribution in [0.3, 0.4) is 0 Å².